The highest BCUT2D eigenvalue weighted by atomic mass is 16.5. The van der Waals surface area contributed by atoms with Crippen molar-refractivity contribution in [3.8, 4) is 0 Å². The predicted octanol–water partition coefficient (Wildman–Crippen LogP) is 0.771. The number of aryl methyl sites for hydroxylation is 1. The van der Waals surface area contributed by atoms with Crippen molar-refractivity contribution in [2.75, 3.05) is 39.8 Å². The summed E-state index contributed by atoms with van der Waals surface area (Å²) >= 11 is 0. The molecule has 1 aliphatic heterocycles. The highest BCUT2D eigenvalue weighted by Gasteiger charge is 2.25. The van der Waals surface area contributed by atoms with Crippen LogP contribution in [0.1, 0.15) is 34.7 Å². The third kappa shape index (κ3) is 4.36. The average molecular weight is 335 g/mol. The standard InChI is InChI=1S/C17H25N3O4/c1-12-15(17(22)23-2)9-14(24-12)10-19-5-7-20(8-6-19)11-16(21)18-13-3-4-13/h9,13H,3-8,10-11H2,1-2H3,(H,18,21). The van der Waals surface area contributed by atoms with Crippen molar-refractivity contribution in [2.45, 2.75) is 32.4 Å². The zero-order chi connectivity index (χ0) is 17.1. The van der Waals surface area contributed by atoms with Crippen LogP contribution in [0, 0.1) is 6.92 Å². The first-order chi connectivity index (χ1) is 11.5. The van der Waals surface area contributed by atoms with E-state index in [-0.39, 0.29) is 11.9 Å². The van der Waals surface area contributed by atoms with Gasteiger partial charge in [-0.05, 0) is 25.8 Å². The summed E-state index contributed by atoms with van der Waals surface area (Å²) in [4.78, 5) is 27.9. The summed E-state index contributed by atoms with van der Waals surface area (Å²) in [6.07, 6.45) is 2.24. The van der Waals surface area contributed by atoms with Crippen LogP contribution in [0.25, 0.3) is 0 Å². The van der Waals surface area contributed by atoms with Crippen molar-refractivity contribution in [3.05, 3.63) is 23.2 Å². The Kier molecular flexibility index (Phi) is 5.20. The van der Waals surface area contributed by atoms with Gasteiger partial charge in [-0.15, -0.1) is 0 Å². The second-order valence-electron chi connectivity index (χ2n) is 6.57. The van der Waals surface area contributed by atoms with Gasteiger partial charge < -0.3 is 14.5 Å². The molecule has 0 aromatic carbocycles. The lowest BCUT2D eigenvalue weighted by molar-refractivity contribution is -0.122. The minimum Gasteiger partial charge on any atom is -0.465 e. The van der Waals surface area contributed by atoms with Crippen molar-refractivity contribution in [2.24, 2.45) is 0 Å². The van der Waals surface area contributed by atoms with Gasteiger partial charge in [0.1, 0.15) is 17.1 Å². The maximum Gasteiger partial charge on any atom is 0.341 e. The minimum absolute atomic E-state index is 0.135. The predicted molar refractivity (Wildman–Crippen MR) is 87.7 cm³/mol. The second kappa shape index (κ2) is 7.36. The summed E-state index contributed by atoms with van der Waals surface area (Å²) in [5.74, 6) is 1.13. The molecule has 0 spiro atoms. The smallest absolute Gasteiger partial charge is 0.341 e. The number of carbonyl (C=O) groups is 2. The van der Waals surface area contributed by atoms with Crippen LogP contribution < -0.4 is 5.32 Å². The summed E-state index contributed by atoms with van der Waals surface area (Å²) in [6, 6.07) is 2.18. The number of piperazine rings is 1. The maximum atomic E-state index is 11.8. The summed E-state index contributed by atoms with van der Waals surface area (Å²) in [5, 5.41) is 3.02. The van der Waals surface area contributed by atoms with Gasteiger partial charge in [0.15, 0.2) is 0 Å². The lowest BCUT2D eigenvalue weighted by Crippen LogP contribution is -2.49. The fraction of sp³-hybridized carbons (Fsp3) is 0.647. The van der Waals surface area contributed by atoms with Gasteiger partial charge in [0, 0.05) is 32.2 Å². The van der Waals surface area contributed by atoms with E-state index in [0.717, 1.165) is 44.8 Å². The van der Waals surface area contributed by atoms with Gasteiger partial charge in [0.05, 0.1) is 20.2 Å². The van der Waals surface area contributed by atoms with Crippen LogP contribution in [0.2, 0.25) is 0 Å². The zero-order valence-corrected chi connectivity index (χ0v) is 14.3. The van der Waals surface area contributed by atoms with E-state index in [0.29, 0.717) is 30.5 Å². The molecule has 1 N–H and O–H groups in total. The Morgan fingerprint density at radius 3 is 2.54 bits per heavy atom. The van der Waals surface area contributed by atoms with Crippen LogP contribution in [-0.4, -0.2) is 67.6 Å². The van der Waals surface area contributed by atoms with E-state index in [1.165, 1.54) is 7.11 Å². The lowest BCUT2D eigenvalue weighted by atomic mass is 10.2. The first-order valence-corrected chi connectivity index (χ1v) is 8.47. The second-order valence-corrected chi connectivity index (χ2v) is 6.57. The normalized spacial score (nSPS) is 19.2. The molecule has 1 aliphatic carbocycles. The van der Waals surface area contributed by atoms with Crippen molar-refractivity contribution in [1.29, 1.82) is 0 Å². The largest absolute Gasteiger partial charge is 0.465 e. The summed E-state index contributed by atoms with van der Waals surface area (Å²) < 4.78 is 10.4. The third-order valence-electron chi connectivity index (χ3n) is 4.53. The van der Waals surface area contributed by atoms with Gasteiger partial charge >= 0.3 is 5.97 Å². The van der Waals surface area contributed by atoms with Gasteiger partial charge in [0.25, 0.3) is 0 Å². The SMILES string of the molecule is COC(=O)c1cc(CN2CCN(CC(=O)NC3CC3)CC2)oc1C. The van der Waals surface area contributed by atoms with Crippen LogP contribution in [-0.2, 0) is 16.1 Å². The Morgan fingerprint density at radius 2 is 1.92 bits per heavy atom. The molecule has 2 aliphatic rings. The molecule has 1 aromatic rings. The fourth-order valence-electron chi connectivity index (χ4n) is 2.96. The number of esters is 1. The number of nitrogens with zero attached hydrogens (tertiary/aromatic N) is 2. The first-order valence-electron chi connectivity index (χ1n) is 8.47. The number of carbonyl (C=O) groups excluding carboxylic acids is 2. The maximum absolute atomic E-state index is 11.8. The summed E-state index contributed by atoms with van der Waals surface area (Å²) in [7, 11) is 1.37. The molecule has 1 aromatic heterocycles. The molecule has 7 nitrogen and oxygen atoms in total. The van der Waals surface area contributed by atoms with Crippen molar-refractivity contribution < 1.29 is 18.7 Å². The average Bonchev–Trinajstić information content (AvgIpc) is 3.29. The number of hydrogen-bond acceptors (Lipinski definition) is 6. The van der Waals surface area contributed by atoms with Crippen molar-refractivity contribution in [3.63, 3.8) is 0 Å². The Balaban J connectivity index is 1.45. The van der Waals surface area contributed by atoms with E-state index < -0.39 is 0 Å². The molecule has 1 saturated carbocycles. The number of nitrogens with one attached hydrogen (secondary N) is 1. The van der Waals surface area contributed by atoms with Crippen LogP contribution in [0.15, 0.2) is 10.5 Å². The van der Waals surface area contributed by atoms with E-state index in [2.05, 4.69) is 15.1 Å². The van der Waals surface area contributed by atoms with E-state index >= 15 is 0 Å². The molecule has 0 bridgehead atoms. The van der Waals surface area contributed by atoms with Gasteiger partial charge in [-0.2, -0.15) is 0 Å². The van der Waals surface area contributed by atoms with Gasteiger partial charge in [-0.25, -0.2) is 4.79 Å². The Bertz CT molecular complexity index is 601. The molecular formula is C17H25N3O4. The monoisotopic (exact) mass is 335 g/mol. The Morgan fingerprint density at radius 1 is 1.25 bits per heavy atom. The van der Waals surface area contributed by atoms with E-state index in [1.807, 2.05) is 0 Å². The molecule has 24 heavy (non-hydrogen) atoms. The van der Waals surface area contributed by atoms with Crippen molar-refractivity contribution >= 4 is 11.9 Å². The van der Waals surface area contributed by atoms with Crippen LogP contribution >= 0.6 is 0 Å². The molecular weight excluding hydrogens is 310 g/mol. The topological polar surface area (TPSA) is 75.0 Å². The molecule has 2 fully saturated rings. The molecule has 0 radical (unpaired) electrons. The molecule has 0 unspecified atom stereocenters. The summed E-state index contributed by atoms with van der Waals surface area (Å²) in [6.45, 7) is 6.40. The first kappa shape index (κ1) is 17.0. The Labute approximate surface area is 141 Å². The lowest BCUT2D eigenvalue weighted by Gasteiger charge is -2.33. The molecule has 7 heteroatoms. The number of furan rings is 1. The van der Waals surface area contributed by atoms with Gasteiger partial charge in [-0.1, -0.05) is 0 Å². The highest BCUT2D eigenvalue weighted by Crippen LogP contribution is 2.19. The van der Waals surface area contributed by atoms with Gasteiger partial charge in [-0.3, -0.25) is 14.6 Å². The minimum atomic E-state index is -0.367. The highest BCUT2D eigenvalue weighted by molar-refractivity contribution is 5.90. The molecule has 3 rings (SSSR count). The van der Waals surface area contributed by atoms with E-state index in [9.17, 15) is 9.59 Å². The van der Waals surface area contributed by atoms with E-state index in [1.54, 1.807) is 13.0 Å². The number of ether oxygens (including phenoxy) is 1. The fourth-order valence-corrected chi connectivity index (χ4v) is 2.96. The molecule has 0 atom stereocenters. The molecule has 132 valence electrons. The number of methoxy groups -OCH3 is 1. The van der Waals surface area contributed by atoms with Crippen LogP contribution in [0.5, 0.6) is 0 Å². The quantitative estimate of drug-likeness (QED) is 0.774. The summed E-state index contributed by atoms with van der Waals surface area (Å²) in [5.41, 5.74) is 0.489. The van der Waals surface area contributed by atoms with Gasteiger partial charge in [0.2, 0.25) is 5.91 Å². The van der Waals surface area contributed by atoms with E-state index in [4.69, 9.17) is 9.15 Å². The van der Waals surface area contributed by atoms with Crippen LogP contribution in [0.4, 0.5) is 0 Å². The van der Waals surface area contributed by atoms with Crippen molar-refractivity contribution in [1.82, 2.24) is 15.1 Å². The molecule has 1 amide bonds. The number of rotatable bonds is 6. The number of hydrogen-bond donors (Lipinski definition) is 1. The van der Waals surface area contributed by atoms with Crippen LogP contribution in [0.3, 0.4) is 0 Å². The molecule has 1 saturated heterocycles. The Hall–Kier alpha value is -1.86. The molecule has 2 heterocycles. The number of amides is 1. The zero-order valence-electron chi connectivity index (χ0n) is 14.3. The third-order valence-corrected chi connectivity index (χ3v) is 4.53.